The van der Waals surface area contributed by atoms with Crippen LogP contribution in [-0.2, 0) is 43.0 Å². The van der Waals surface area contributed by atoms with Crippen LogP contribution in [0.4, 0.5) is 4.79 Å². The molecule has 0 aromatic rings. The Morgan fingerprint density at radius 1 is 0.733 bits per heavy atom. The molecule has 3 rings (SSSR count). The van der Waals surface area contributed by atoms with Crippen molar-refractivity contribution in [3.63, 3.8) is 0 Å². The standard InChI is InChI=1S/C29H47N5O10S/c35-23(7-2-1-6-22-28-21(20-45-22)32-29(40)33-28)30-12-4-14-41-16-18-43-19-17-42-15-5-13-31-24(36)8-3-9-27(39)44-34-25(37)10-11-26(34)38/h21-22,28H,1-20H2,(H,30,35)(H,31,36)(H2,32,33,40). The van der Waals surface area contributed by atoms with Gasteiger partial charge in [-0.2, -0.15) is 11.8 Å². The maximum absolute atomic E-state index is 12.0. The minimum atomic E-state index is -0.717. The summed E-state index contributed by atoms with van der Waals surface area (Å²) in [6.45, 7) is 3.80. The number of fused-ring (bicyclic) bond motifs is 1. The number of nitrogens with one attached hydrogen (secondary N) is 4. The van der Waals surface area contributed by atoms with Gasteiger partial charge in [0.15, 0.2) is 0 Å². The molecule has 0 saturated carbocycles. The molecule has 3 saturated heterocycles. The highest BCUT2D eigenvalue weighted by molar-refractivity contribution is 8.00. The monoisotopic (exact) mass is 657 g/mol. The highest BCUT2D eigenvalue weighted by atomic mass is 32.2. The van der Waals surface area contributed by atoms with Gasteiger partial charge in [-0.1, -0.05) is 6.42 Å². The normalized spacial score (nSPS) is 20.6. The fourth-order valence-corrected chi connectivity index (χ4v) is 6.54. The van der Waals surface area contributed by atoms with Crippen LogP contribution in [0.1, 0.15) is 70.6 Å². The molecule has 0 spiro atoms. The van der Waals surface area contributed by atoms with E-state index in [0.717, 1.165) is 31.4 Å². The molecule has 0 aliphatic carbocycles. The number of hydrogen-bond acceptors (Lipinski definition) is 11. The quantitative estimate of drug-likeness (QED) is 0.0644. The van der Waals surface area contributed by atoms with Gasteiger partial charge < -0.3 is 40.3 Å². The highest BCUT2D eigenvalue weighted by Gasteiger charge is 2.42. The second kappa shape index (κ2) is 21.0. The van der Waals surface area contributed by atoms with E-state index in [2.05, 4.69) is 21.3 Å². The number of rotatable bonds is 24. The predicted molar refractivity (Wildman–Crippen MR) is 163 cm³/mol. The van der Waals surface area contributed by atoms with Gasteiger partial charge in [-0.15, -0.1) is 5.06 Å². The molecule has 0 aromatic heterocycles. The summed E-state index contributed by atoms with van der Waals surface area (Å²) in [5.41, 5.74) is 0. The Kier molecular flexibility index (Phi) is 17.0. The van der Waals surface area contributed by atoms with Crippen LogP contribution in [0, 0.1) is 0 Å². The van der Waals surface area contributed by atoms with Gasteiger partial charge in [-0.3, -0.25) is 19.2 Å². The number of amides is 6. The summed E-state index contributed by atoms with van der Waals surface area (Å²) in [5, 5.41) is 12.5. The number of unbranched alkanes of at least 4 members (excludes halogenated alkanes) is 1. The molecule has 3 atom stereocenters. The number of imide groups is 1. The van der Waals surface area contributed by atoms with Crippen molar-refractivity contribution in [2.75, 3.05) is 58.5 Å². The van der Waals surface area contributed by atoms with Gasteiger partial charge in [0.05, 0.1) is 38.5 Å². The molecular formula is C29H47N5O10S. The number of carbonyl (C=O) groups excluding carboxylic acids is 6. The van der Waals surface area contributed by atoms with E-state index in [1.807, 2.05) is 11.8 Å². The molecule has 6 amide bonds. The number of carbonyl (C=O) groups is 6. The maximum Gasteiger partial charge on any atom is 0.333 e. The summed E-state index contributed by atoms with van der Waals surface area (Å²) in [7, 11) is 0. The largest absolute Gasteiger partial charge is 0.379 e. The van der Waals surface area contributed by atoms with Gasteiger partial charge >= 0.3 is 12.0 Å². The third-order valence-electron chi connectivity index (χ3n) is 7.38. The molecule has 15 nitrogen and oxygen atoms in total. The summed E-state index contributed by atoms with van der Waals surface area (Å²) in [6.07, 6.45) is 5.08. The van der Waals surface area contributed by atoms with Crippen molar-refractivity contribution in [2.45, 2.75) is 88.0 Å². The zero-order chi connectivity index (χ0) is 32.3. The van der Waals surface area contributed by atoms with Gasteiger partial charge in [0, 0.05) is 69.4 Å². The van der Waals surface area contributed by atoms with Crippen molar-refractivity contribution in [1.82, 2.24) is 26.3 Å². The molecule has 3 aliphatic heterocycles. The van der Waals surface area contributed by atoms with Gasteiger partial charge in [-0.05, 0) is 32.1 Å². The average molecular weight is 658 g/mol. The number of hydrogen-bond donors (Lipinski definition) is 4. The first kappa shape index (κ1) is 36.5. The minimum Gasteiger partial charge on any atom is -0.379 e. The molecule has 45 heavy (non-hydrogen) atoms. The Labute approximate surface area is 267 Å². The van der Waals surface area contributed by atoms with Crippen molar-refractivity contribution in [1.29, 1.82) is 0 Å². The van der Waals surface area contributed by atoms with Gasteiger partial charge in [0.25, 0.3) is 11.8 Å². The van der Waals surface area contributed by atoms with E-state index in [4.69, 9.17) is 19.0 Å². The molecule has 3 heterocycles. The fraction of sp³-hybridized carbons (Fsp3) is 0.793. The van der Waals surface area contributed by atoms with Crippen molar-refractivity contribution >= 4 is 47.4 Å². The van der Waals surface area contributed by atoms with Crippen LogP contribution in [0.15, 0.2) is 0 Å². The third kappa shape index (κ3) is 14.3. The van der Waals surface area contributed by atoms with E-state index < -0.39 is 17.8 Å². The van der Waals surface area contributed by atoms with Gasteiger partial charge in [0.2, 0.25) is 11.8 Å². The van der Waals surface area contributed by atoms with Crippen molar-refractivity contribution < 1.29 is 47.8 Å². The van der Waals surface area contributed by atoms with E-state index in [1.54, 1.807) is 0 Å². The zero-order valence-electron chi connectivity index (χ0n) is 25.8. The van der Waals surface area contributed by atoms with Crippen molar-refractivity contribution in [3.05, 3.63) is 0 Å². The molecule has 3 aliphatic rings. The lowest BCUT2D eigenvalue weighted by molar-refractivity contribution is -0.197. The van der Waals surface area contributed by atoms with Crippen LogP contribution in [0.2, 0.25) is 0 Å². The SMILES string of the molecule is O=C(CCCCC1SCC2NC(=O)NC21)NCCCOCCOCCOCCCNC(=O)CCCC(=O)ON1C(=O)CCC1=O. The Morgan fingerprint density at radius 2 is 1.31 bits per heavy atom. The second-order valence-electron chi connectivity index (χ2n) is 11.0. The lowest BCUT2D eigenvalue weighted by atomic mass is 10.0. The van der Waals surface area contributed by atoms with Gasteiger partial charge in [0.1, 0.15) is 0 Å². The zero-order valence-corrected chi connectivity index (χ0v) is 26.6. The number of thioether (sulfide) groups is 1. The summed E-state index contributed by atoms with van der Waals surface area (Å²) >= 11 is 1.89. The van der Waals surface area contributed by atoms with Crippen LogP contribution >= 0.6 is 11.8 Å². The second-order valence-corrected chi connectivity index (χ2v) is 12.3. The van der Waals surface area contributed by atoms with E-state index in [1.165, 1.54) is 0 Å². The molecule has 16 heteroatoms. The van der Waals surface area contributed by atoms with Crippen molar-refractivity contribution in [2.24, 2.45) is 0 Å². The van der Waals surface area contributed by atoms with Crippen LogP contribution in [0.25, 0.3) is 0 Å². The summed E-state index contributed by atoms with van der Waals surface area (Å²) in [6, 6.07) is 0.384. The summed E-state index contributed by atoms with van der Waals surface area (Å²) in [4.78, 5) is 74.7. The predicted octanol–water partition coefficient (Wildman–Crippen LogP) is 0.552. The van der Waals surface area contributed by atoms with Crippen LogP contribution in [0.3, 0.4) is 0 Å². The van der Waals surface area contributed by atoms with Crippen LogP contribution in [-0.4, -0.2) is 117 Å². The number of hydroxylamine groups is 2. The number of ether oxygens (including phenoxy) is 3. The first-order valence-electron chi connectivity index (χ1n) is 15.9. The Bertz CT molecular complexity index is 987. The van der Waals surface area contributed by atoms with E-state index in [0.29, 0.717) is 75.9 Å². The molecule has 4 N–H and O–H groups in total. The minimum absolute atomic E-state index is 0.0390. The van der Waals surface area contributed by atoms with Crippen molar-refractivity contribution in [3.8, 4) is 0 Å². The first-order valence-corrected chi connectivity index (χ1v) is 16.9. The first-order chi connectivity index (χ1) is 21.8. The Morgan fingerprint density at radius 3 is 1.93 bits per heavy atom. The van der Waals surface area contributed by atoms with E-state index in [-0.39, 0.29) is 62.0 Å². The van der Waals surface area contributed by atoms with Crippen LogP contribution in [0.5, 0.6) is 0 Å². The average Bonchev–Trinajstić information content (AvgIpc) is 3.67. The molecule has 254 valence electrons. The molecule has 3 fully saturated rings. The third-order valence-corrected chi connectivity index (χ3v) is 8.89. The van der Waals surface area contributed by atoms with Gasteiger partial charge in [-0.25, -0.2) is 9.59 Å². The molecule has 0 aromatic carbocycles. The fourth-order valence-electron chi connectivity index (χ4n) is 5.00. The highest BCUT2D eigenvalue weighted by Crippen LogP contribution is 2.33. The number of urea groups is 1. The molecular weight excluding hydrogens is 610 g/mol. The summed E-state index contributed by atoms with van der Waals surface area (Å²) in [5.74, 6) is -0.975. The topological polar surface area (TPSA) is 191 Å². The van der Waals surface area contributed by atoms with E-state index in [9.17, 15) is 28.8 Å². The smallest absolute Gasteiger partial charge is 0.333 e. The lowest BCUT2D eigenvalue weighted by Gasteiger charge is -2.16. The van der Waals surface area contributed by atoms with Crippen LogP contribution < -0.4 is 21.3 Å². The van der Waals surface area contributed by atoms with E-state index >= 15 is 0 Å². The Balaban J connectivity index is 0.993. The molecule has 0 bridgehead atoms. The lowest BCUT2D eigenvalue weighted by Crippen LogP contribution is -2.36. The molecule has 0 radical (unpaired) electrons. The Hall–Kier alpha value is -2.95. The summed E-state index contributed by atoms with van der Waals surface area (Å²) < 4.78 is 16.5. The number of nitrogens with zero attached hydrogens (tertiary/aromatic N) is 1. The molecule has 3 unspecified atom stereocenters. The maximum atomic E-state index is 12.0.